The summed E-state index contributed by atoms with van der Waals surface area (Å²) in [4.78, 5) is 4.86. The van der Waals surface area contributed by atoms with E-state index in [-0.39, 0.29) is 12.1 Å². The minimum atomic E-state index is 0.135. The van der Waals surface area contributed by atoms with Gasteiger partial charge >= 0.3 is 0 Å². The van der Waals surface area contributed by atoms with Crippen molar-refractivity contribution in [2.75, 3.05) is 48.5 Å². The van der Waals surface area contributed by atoms with Crippen LogP contribution in [0.5, 0.6) is 40.2 Å². The van der Waals surface area contributed by atoms with Crippen LogP contribution < -0.4 is 28.4 Å². The number of likely N-dealkylation sites (N-methyl/N-ethyl adjacent to an activating group) is 2. The zero-order chi connectivity index (χ0) is 40.7. The number of benzene rings is 6. The lowest BCUT2D eigenvalue weighted by Gasteiger charge is -2.35. The van der Waals surface area contributed by atoms with E-state index < -0.39 is 0 Å². The van der Waals surface area contributed by atoms with E-state index in [1.807, 2.05) is 42.5 Å². The van der Waals surface area contributed by atoms with Gasteiger partial charge < -0.3 is 28.4 Å². The van der Waals surface area contributed by atoms with Gasteiger partial charge in [-0.05, 0) is 133 Å². The van der Waals surface area contributed by atoms with Crippen molar-refractivity contribution >= 4 is 0 Å². The van der Waals surface area contributed by atoms with Crippen molar-refractivity contribution in [2.45, 2.75) is 51.0 Å². The first-order chi connectivity index (χ1) is 28.9. The van der Waals surface area contributed by atoms with E-state index >= 15 is 0 Å². The first-order valence-corrected chi connectivity index (χ1v) is 20.5. The van der Waals surface area contributed by atoms with Crippen molar-refractivity contribution in [3.8, 4) is 40.2 Å². The molecular formula is C51H54N2O6. The Morgan fingerprint density at radius 3 is 1.49 bits per heavy atom. The number of rotatable bonds is 15. The third-order valence-corrected chi connectivity index (χ3v) is 11.8. The molecule has 304 valence electrons. The topological polar surface area (TPSA) is 61.9 Å². The zero-order valence-electron chi connectivity index (χ0n) is 34.8. The van der Waals surface area contributed by atoms with E-state index in [4.69, 9.17) is 28.4 Å². The fourth-order valence-corrected chi connectivity index (χ4v) is 8.41. The highest BCUT2D eigenvalue weighted by atomic mass is 16.5. The van der Waals surface area contributed by atoms with Crippen molar-refractivity contribution in [1.29, 1.82) is 0 Å². The number of hydrogen-bond acceptors (Lipinski definition) is 8. The molecule has 8 heteroatoms. The van der Waals surface area contributed by atoms with Crippen molar-refractivity contribution < 1.29 is 28.4 Å². The van der Waals surface area contributed by atoms with Gasteiger partial charge in [-0.15, -0.1) is 0 Å². The minimum Gasteiger partial charge on any atom is -0.493 e. The van der Waals surface area contributed by atoms with Gasteiger partial charge in [0.2, 0.25) is 0 Å². The molecule has 6 aromatic rings. The number of fused-ring (bicyclic) bond motifs is 2. The molecule has 2 atom stereocenters. The summed E-state index contributed by atoms with van der Waals surface area (Å²) in [6, 6.07) is 44.3. The SMILES string of the molecule is COc1cc2c(cc1OC)[C@@H](Cc1ccc(Oc3cc(C[C@@H]4c5cc(OCc6ccccc6)c(OC)cc5CCN4C)ccc3OCc3ccccc3)cc1)N(C)CC2. The van der Waals surface area contributed by atoms with Crippen LogP contribution >= 0.6 is 0 Å². The predicted molar refractivity (Wildman–Crippen MR) is 233 cm³/mol. The normalized spacial score (nSPS) is 16.4. The highest BCUT2D eigenvalue weighted by molar-refractivity contribution is 5.52. The largest absolute Gasteiger partial charge is 0.493 e. The average Bonchev–Trinajstić information content (AvgIpc) is 3.28. The number of hydrogen-bond donors (Lipinski definition) is 0. The fraction of sp³-hybridized carbons (Fsp3) is 0.294. The molecule has 6 aromatic carbocycles. The van der Waals surface area contributed by atoms with Crippen LogP contribution in [0.25, 0.3) is 0 Å². The molecule has 59 heavy (non-hydrogen) atoms. The highest BCUT2D eigenvalue weighted by Crippen LogP contribution is 2.42. The molecule has 8 nitrogen and oxygen atoms in total. The number of nitrogens with zero attached hydrogens (tertiary/aromatic N) is 2. The lowest BCUT2D eigenvalue weighted by Crippen LogP contribution is -2.33. The van der Waals surface area contributed by atoms with Gasteiger partial charge in [-0.25, -0.2) is 0 Å². The average molecular weight is 791 g/mol. The molecule has 2 aliphatic rings. The van der Waals surface area contributed by atoms with Crippen LogP contribution in [0.4, 0.5) is 0 Å². The molecule has 0 unspecified atom stereocenters. The monoisotopic (exact) mass is 790 g/mol. The Hall–Kier alpha value is -5.96. The van der Waals surface area contributed by atoms with Crippen molar-refractivity contribution in [3.05, 3.63) is 172 Å². The Balaban J connectivity index is 1.04. The highest BCUT2D eigenvalue weighted by Gasteiger charge is 2.29. The van der Waals surface area contributed by atoms with Crippen LogP contribution in [0.2, 0.25) is 0 Å². The molecule has 0 saturated heterocycles. The zero-order valence-corrected chi connectivity index (χ0v) is 34.8. The summed E-state index contributed by atoms with van der Waals surface area (Å²) < 4.78 is 36.6. The lowest BCUT2D eigenvalue weighted by molar-refractivity contribution is 0.226. The molecular weight excluding hydrogens is 737 g/mol. The van der Waals surface area contributed by atoms with Crippen LogP contribution in [-0.4, -0.2) is 58.3 Å². The second kappa shape index (κ2) is 18.3. The van der Waals surface area contributed by atoms with Crippen molar-refractivity contribution in [3.63, 3.8) is 0 Å². The molecule has 2 heterocycles. The van der Waals surface area contributed by atoms with Gasteiger partial charge in [0.05, 0.1) is 21.3 Å². The van der Waals surface area contributed by atoms with E-state index in [1.54, 1.807) is 21.3 Å². The van der Waals surface area contributed by atoms with Gasteiger partial charge in [-0.1, -0.05) is 78.9 Å². The Bertz CT molecular complexity index is 2330. The van der Waals surface area contributed by atoms with Crippen LogP contribution in [-0.2, 0) is 38.9 Å². The molecule has 0 bridgehead atoms. The molecule has 0 amide bonds. The van der Waals surface area contributed by atoms with Crippen LogP contribution in [0.15, 0.2) is 127 Å². The summed E-state index contributed by atoms with van der Waals surface area (Å²) in [7, 11) is 9.51. The molecule has 8 rings (SSSR count). The third kappa shape index (κ3) is 9.20. The van der Waals surface area contributed by atoms with Crippen LogP contribution in [0.1, 0.15) is 56.6 Å². The maximum atomic E-state index is 6.71. The van der Waals surface area contributed by atoms with E-state index in [2.05, 4.69) is 109 Å². The Morgan fingerprint density at radius 2 is 0.932 bits per heavy atom. The first kappa shape index (κ1) is 39.8. The smallest absolute Gasteiger partial charge is 0.169 e. The lowest BCUT2D eigenvalue weighted by atomic mass is 9.88. The maximum absolute atomic E-state index is 6.71. The van der Waals surface area contributed by atoms with Crippen LogP contribution in [0, 0.1) is 0 Å². The van der Waals surface area contributed by atoms with Gasteiger partial charge in [0.15, 0.2) is 34.5 Å². The van der Waals surface area contributed by atoms with Gasteiger partial charge in [0, 0.05) is 25.2 Å². The first-order valence-electron chi connectivity index (χ1n) is 20.5. The van der Waals surface area contributed by atoms with E-state index in [1.165, 1.54) is 27.8 Å². The standard InChI is InChI=1S/C51H54N2O6/c1-52-24-22-39-29-47(54-3)49(56-5)31-42(39)44(52)26-35-16-19-41(20-17-35)59-51-28-38(18-21-46(51)57-33-36-12-8-6-9-13-36)27-45-43-32-50(58-34-37-14-10-7-11-15-37)48(55-4)30-40(43)23-25-53(45)2/h6-21,28-32,44-45H,22-27,33-34H2,1-5H3/t44-,45-/m1/s1. The third-order valence-electron chi connectivity index (χ3n) is 11.8. The quantitative estimate of drug-likeness (QED) is 0.102. The summed E-state index contributed by atoms with van der Waals surface area (Å²) in [5.41, 5.74) is 9.74. The minimum absolute atomic E-state index is 0.135. The second-order valence-corrected chi connectivity index (χ2v) is 15.6. The Kier molecular flexibility index (Phi) is 12.4. The van der Waals surface area contributed by atoms with Gasteiger partial charge in [-0.2, -0.15) is 0 Å². The Morgan fingerprint density at radius 1 is 0.458 bits per heavy atom. The molecule has 0 radical (unpaired) electrons. The fourth-order valence-electron chi connectivity index (χ4n) is 8.41. The van der Waals surface area contributed by atoms with Crippen molar-refractivity contribution in [2.24, 2.45) is 0 Å². The molecule has 0 spiro atoms. The molecule has 0 N–H and O–H groups in total. The summed E-state index contributed by atoms with van der Waals surface area (Å²) >= 11 is 0. The summed E-state index contributed by atoms with van der Waals surface area (Å²) in [6.45, 7) is 2.84. The maximum Gasteiger partial charge on any atom is 0.169 e. The molecule has 0 aliphatic carbocycles. The van der Waals surface area contributed by atoms with E-state index in [0.717, 1.165) is 84.2 Å². The summed E-state index contributed by atoms with van der Waals surface area (Å²) in [5.74, 6) is 5.21. The molecule has 0 saturated carbocycles. The summed E-state index contributed by atoms with van der Waals surface area (Å²) in [6.07, 6.45) is 3.57. The van der Waals surface area contributed by atoms with Crippen molar-refractivity contribution in [1.82, 2.24) is 9.80 Å². The van der Waals surface area contributed by atoms with Crippen LogP contribution in [0.3, 0.4) is 0 Å². The molecule has 0 fully saturated rings. The van der Waals surface area contributed by atoms with E-state index in [9.17, 15) is 0 Å². The van der Waals surface area contributed by atoms with Gasteiger partial charge in [0.25, 0.3) is 0 Å². The number of methoxy groups -OCH3 is 3. The summed E-state index contributed by atoms with van der Waals surface area (Å²) in [5, 5.41) is 0. The van der Waals surface area contributed by atoms with E-state index in [0.29, 0.717) is 24.7 Å². The Labute approximate surface area is 348 Å². The molecule has 0 aromatic heterocycles. The second-order valence-electron chi connectivity index (χ2n) is 15.6. The van der Waals surface area contributed by atoms with Gasteiger partial charge in [-0.3, -0.25) is 9.80 Å². The predicted octanol–water partition coefficient (Wildman–Crippen LogP) is 10.2. The number of ether oxygens (including phenoxy) is 6. The van der Waals surface area contributed by atoms with Gasteiger partial charge in [0.1, 0.15) is 19.0 Å². The molecule has 2 aliphatic heterocycles.